The number of carbonyl (C=O) groups is 1. The van der Waals surface area contributed by atoms with Gasteiger partial charge in [0.25, 0.3) is 0 Å². The number of rotatable bonds is 5. The first-order chi connectivity index (χ1) is 12.7. The van der Waals surface area contributed by atoms with Gasteiger partial charge in [-0.3, -0.25) is 0 Å². The summed E-state index contributed by atoms with van der Waals surface area (Å²) >= 11 is 0. The van der Waals surface area contributed by atoms with Crippen LogP contribution in [-0.2, 0) is 9.53 Å². The van der Waals surface area contributed by atoms with Crippen molar-refractivity contribution in [1.29, 1.82) is 0 Å². The number of allylic oxidation sites excluding steroid dienone is 1. The average molecular weight is 371 g/mol. The number of esters is 1. The van der Waals surface area contributed by atoms with E-state index in [2.05, 4.69) is 5.32 Å². The van der Waals surface area contributed by atoms with E-state index in [-0.39, 0.29) is 5.92 Å². The van der Waals surface area contributed by atoms with Crippen molar-refractivity contribution in [3.8, 4) is 5.75 Å². The molecule has 0 spiro atoms. The van der Waals surface area contributed by atoms with E-state index in [1.807, 2.05) is 26.8 Å². The fourth-order valence-corrected chi connectivity index (χ4v) is 2.81. The van der Waals surface area contributed by atoms with Gasteiger partial charge in [0, 0.05) is 0 Å². The highest BCUT2D eigenvalue weighted by Crippen LogP contribution is 2.35. The number of nitrogens with two attached hydrogens (primary N) is 2. The molecule has 1 aromatic heterocycles. The predicted molar refractivity (Wildman–Crippen MR) is 102 cm³/mol. The van der Waals surface area contributed by atoms with Gasteiger partial charge in [-0.1, -0.05) is 13.0 Å². The molecule has 1 aliphatic heterocycles. The Balaban J connectivity index is 1.74. The summed E-state index contributed by atoms with van der Waals surface area (Å²) in [6.07, 6.45) is 1.60. The van der Waals surface area contributed by atoms with E-state index in [0.29, 0.717) is 28.6 Å². The number of anilines is 1. The third kappa shape index (κ3) is 3.78. The molecule has 0 amide bonds. The van der Waals surface area contributed by atoms with Crippen LogP contribution in [0, 0.1) is 0 Å². The maximum absolute atomic E-state index is 12.7. The molecule has 7 nitrogen and oxygen atoms in total. The second-order valence-electron chi connectivity index (χ2n) is 7.19. The van der Waals surface area contributed by atoms with Crippen molar-refractivity contribution < 1.29 is 18.7 Å². The van der Waals surface area contributed by atoms with Crippen LogP contribution in [0.25, 0.3) is 0 Å². The molecule has 0 radical (unpaired) electrons. The van der Waals surface area contributed by atoms with Crippen molar-refractivity contribution in [2.24, 2.45) is 11.5 Å². The third-order valence-electron chi connectivity index (χ3n) is 4.90. The van der Waals surface area contributed by atoms with Crippen molar-refractivity contribution in [3.05, 3.63) is 59.5 Å². The Labute approximate surface area is 158 Å². The number of carbonyl (C=O) groups excluding carboxylic acids is 1. The number of nitrogens with one attached hydrogen (secondary N) is 1. The molecule has 27 heavy (non-hydrogen) atoms. The zero-order valence-corrected chi connectivity index (χ0v) is 15.9. The highest BCUT2D eigenvalue weighted by Gasteiger charge is 2.35. The number of hydrogen-bond donors (Lipinski definition) is 3. The van der Waals surface area contributed by atoms with Crippen LogP contribution in [0.3, 0.4) is 0 Å². The maximum Gasteiger partial charge on any atom is 0.328 e. The van der Waals surface area contributed by atoms with Crippen LogP contribution in [0.15, 0.2) is 52.6 Å². The van der Waals surface area contributed by atoms with Crippen LogP contribution in [0.4, 0.5) is 5.69 Å². The fourth-order valence-electron chi connectivity index (χ4n) is 2.81. The second kappa shape index (κ2) is 7.00. The molecule has 0 aliphatic carbocycles. The lowest BCUT2D eigenvalue weighted by Gasteiger charge is -2.31. The predicted octanol–water partition coefficient (Wildman–Crippen LogP) is 3.36. The largest absolute Gasteiger partial charge is 0.469 e. The highest BCUT2D eigenvalue weighted by atomic mass is 16.6. The van der Waals surface area contributed by atoms with Crippen molar-refractivity contribution in [3.63, 3.8) is 0 Å². The minimum absolute atomic E-state index is 0.129. The van der Waals surface area contributed by atoms with Gasteiger partial charge in [0.15, 0.2) is 5.75 Å². The summed E-state index contributed by atoms with van der Waals surface area (Å²) in [5.41, 5.74) is 12.5. The molecule has 0 fully saturated rings. The molecule has 3 rings (SSSR count). The van der Waals surface area contributed by atoms with E-state index >= 15 is 0 Å². The zero-order chi connectivity index (χ0) is 19.8. The molecule has 2 unspecified atom stereocenters. The van der Waals surface area contributed by atoms with Crippen LogP contribution < -0.4 is 21.5 Å². The summed E-state index contributed by atoms with van der Waals surface area (Å²) in [4.78, 5) is 12.7. The number of furan rings is 1. The third-order valence-corrected chi connectivity index (χ3v) is 4.90. The fraction of sp³-hybridized carbons (Fsp3) is 0.350. The first-order valence-corrected chi connectivity index (χ1v) is 8.76. The molecule has 144 valence electrons. The van der Waals surface area contributed by atoms with Gasteiger partial charge in [-0.2, -0.15) is 0 Å². The van der Waals surface area contributed by atoms with E-state index in [4.69, 9.17) is 25.4 Å². The van der Waals surface area contributed by atoms with E-state index in [0.717, 1.165) is 5.76 Å². The van der Waals surface area contributed by atoms with Gasteiger partial charge in [0.05, 0.1) is 17.9 Å². The highest BCUT2D eigenvalue weighted by molar-refractivity contribution is 5.79. The summed E-state index contributed by atoms with van der Waals surface area (Å²) in [7, 11) is 0. The molecule has 0 bridgehead atoms. The van der Waals surface area contributed by atoms with Gasteiger partial charge in [0.1, 0.15) is 29.0 Å². The lowest BCUT2D eigenvalue weighted by Crippen LogP contribution is -2.37. The smallest absolute Gasteiger partial charge is 0.328 e. The molecule has 5 N–H and O–H groups in total. The first kappa shape index (κ1) is 18.8. The molecule has 7 heteroatoms. The van der Waals surface area contributed by atoms with Crippen LogP contribution >= 0.6 is 0 Å². The topological polar surface area (TPSA) is 113 Å². The van der Waals surface area contributed by atoms with Gasteiger partial charge in [0.2, 0.25) is 0 Å². The Bertz CT molecular complexity index is 871. The summed E-state index contributed by atoms with van der Waals surface area (Å²) in [6.45, 7) is 7.38. The maximum atomic E-state index is 12.7. The minimum atomic E-state index is -0.937. The lowest BCUT2D eigenvalue weighted by molar-refractivity contribution is -0.160. The second-order valence-corrected chi connectivity index (χ2v) is 7.19. The SMILES string of the molecule is CC1=C(N)Nc2cc(C(N)C(=O)OC(C)(C)C(C)c3ccco3)ccc2O1. The number of ether oxygens (including phenoxy) is 2. The molecule has 2 atom stereocenters. The summed E-state index contributed by atoms with van der Waals surface area (Å²) in [5.74, 6) is 1.73. The van der Waals surface area contributed by atoms with Gasteiger partial charge in [-0.05, 0) is 50.6 Å². The molecule has 2 aromatic rings. The standard InChI is InChI=1S/C20H25N3O4/c1-11(15-6-5-9-25-15)20(3,4)27-19(24)17(21)13-7-8-16-14(10-13)23-18(22)12(2)26-16/h5-11,17,23H,21-22H2,1-4H3. The minimum Gasteiger partial charge on any atom is -0.469 e. The Kier molecular flexibility index (Phi) is 4.89. The molecule has 2 heterocycles. The van der Waals surface area contributed by atoms with Crippen LogP contribution in [-0.4, -0.2) is 11.6 Å². The van der Waals surface area contributed by atoms with Crippen LogP contribution in [0.1, 0.15) is 51.0 Å². The average Bonchev–Trinajstić information content (AvgIpc) is 3.15. The van der Waals surface area contributed by atoms with E-state index < -0.39 is 17.6 Å². The molecule has 0 saturated heterocycles. The number of hydrogen-bond acceptors (Lipinski definition) is 7. The number of benzene rings is 1. The zero-order valence-electron chi connectivity index (χ0n) is 15.9. The van der Waals surface area contributed by atoms with Crippen molar-refractivity contribution in [1.82, 2.24) is 0 Å². The van der Waals surface area contributed by atoms with Crippen LogP contribution in [0.2, 0.25) is 0 Å². The molecular formula is C20H25N3O4. The number of fused-ring (bicyclic) bond motifs is 1. The Morgan fingerprint density at radius 2 is 2.04 bits per heavy atom. The Morgan fingerprint density at radius 1 is 1.30 bits per heavy atom. The van der Waals surface area contributed by atoms with Crippen molar-refractivity contribution in [2.75, 3.05) is 5.32 Å². The molecule has 0 saturated carbocycles. The van der Waals surface area contributed by atoms with E-state index in [1.165, 1.54) is 0 Å². The summed E-state index contributed by atoms with van der Waals surface area (Å²) in [5, 5.41) is 3.04. The monoisotopic (exact) mass is 371 g/mol. The summed E-state index contributed by atoms with van der Waals surface area (Å²) in [6, 6.07) is 7.95. The Hall–Kier alpha value is -2.93. The summed E-state index contributed by atoms with van der Waals surface area (Å²) < 4.78 is 16.8. The van der Waals surface area contributed by atoms with Gasteiger partial charge in [-0.25, -0.2) is 4.79 Å². The molecule has 1 aliphatic rings. The lowest BCUT2D eigenvalue weighted by atomic mass is 9.90. The first-order valence-electron chi connectivity index (χ1n) is 8.76. The Morgan fingerprint density at radius 3 is 2.70 bits per heavy atom. The van der Waals surface area contributed by atoms with Gasteiger partial charge < -0.3 is 30.7 Å². The van der Waals surface area contributed by atoms with Gasteiger partial charge in [-0.15, -0.1) is 0 Å². The van der Waals surface area contributed by atoms with Crippen molar-refractivity contribution >= 4 is 11.7 Å². The van der Waals surface area contributed by atoms with Crippen LogP contribution in [0.5, 0.6) is 5.75 Å². The molecular weight excluding hydrogens is 346 g/mol. The normalized spacial score (nSPS) is 16.0. The van der Waals surface area contributed by atoms with E-state index in [9.17, 15) is 4.79 Å². The van der Waals surface area contributed by atoms with Crippen molar-refractivity contribution in [2.45, 2.75) is 45.3 Å². The quantitative estimate of drug-likeness (QED) is 0.691. The van der Waals surface area contributed by atoms with E-state index in [1.54, 1.807) is 37.5 Å². The molecule has 1 aromatic carbocycles. The van der Waals surface area contributed by atoms with Gasteiger partial charge >= 0.3 is 5.97 Å².